The lowest BCUT2D eigenvalue weighted by molar-refractivity contribution is -0.123. The maximum absolute atomic E-state index is 12.7. The predicted molar refractivity (Wildman–Crippen MR) is 114 cm³/mol. The number of aryl methyl sites for hydroxylation is 3. The Morgan fingerprint density at radius 1 is 1.00 bits per heavy atom. The fourth-order valence-electron chi connectivity index (χ4n) is 3.74. The smallest absolute Gasteiger partial charge is 0.228 e. The molecule has 1 aliphatic rings. The Hall–Kier alpha value is -3.35. The zero-order valence-corrected chi connectivity index (χ0v) is 17.3. The van der Waals surface area contributed by atoms with Gasteiger partial charge < -0.3 is 0 Å². The van der Waals surface area contributed by atoms with Gasteiger partial charge in [-0.05, 0) is 38.0 Å². The summed E-state index contributed by atoms with van der Waals surface area (Å²) in [6, 6.07) is 7.79. The molecule has 154 valence electrons. The highest BCUT2D eigenvalue weighted by atomic mass is 16.2. The lowest BCUT2D eigenvalue weighted by Gasteiger charge is -2.27. The number of carbonyl (C=O) groups excluding carboxylic acids is 2. The van der Waals surface area contributed by atoms with Crippen molar-refractivity contribution in [2.24, 2.45) is 0 Å². The molecule has 7 nitrogen and oxygen atoms in total. The average Bonchev–Trinajstić information content (AvgIpc) is 3.12. The van der Waals surface area contributed by atoms with Gasteiger partial charge in [-0.15, -0.1) is 0 Å². The van der Waals surface area contributed by atoms with Crippen molar-refractivity contribution in [2.75, 3.05) is 11.4 Å². The highest BCUT2D eigenvalue weighted by Gasteiger charge is 2.24. The minimum Gasteiger partial charge on any atom is -0.299 e. The summed E-state index contributed by atoms with van der Waals surface area (Å²) in [5.41, 5.74) is 4.67. The van der Waals surface area contributed by atoms with E-state index in [1.807, 2.05) is 42.9 Å². The summed E-state index contributed by atoms with van der Waals surface area (Å²) in [6.45, 7) is 5.42. The monoisotopic (exact) mass is 403 g/mol. The number of amides is 1. The Morgan fingerprint density at radius 3 is 2.63 bits per heavy atom. The van der Waals surface area contributed by atoms with Crippen LogP contribution in [0.5, 0.6) is 0 Å². The van der Waals surface area contributed by atoms with Gasteiger partial charge in [0.05, 0.1) is 5.69 Å². The van der Waals surface area contributed by atoms with Crippen molar-refractivity contribution in [3.05, 3.63) is 59.8 Å². The minimum atomic E-state index is -0.0283. The number of anilines is 1. The first kappa shape index (κ1) is 19.9. The SMILES string of the molecule is Cc1cncc(-c2ccc(CC(=O)CCC(=O)N3CCCn4nc(C)cc43)nc2)c1. The summed E-state index contributed by atoms with van der Waals surface area (Å²) in [5.74, 6) is 0.820. The fraction of sp³-hybridized carbons (Fsp3) is 0.348. The highest BCUT2D eigenvalue weighted by molar-refractivity contribution is 5.95. The molecule has 1 amide bonds. The van der Waals surface area contributed by atoms with E-state index in [0.717, 1.165) is 41.2 Å². The molecule has 1 aliphatic heterocycles. The van der Waals surface area contributed by atoms with Crippen LogP contribution < -0.4 is 4.90 Å². The number of pyridine rings is 2. The number of aromatic nitrogens is 4. The Kier molecular flexibility index (Phi) is 5.70. The third-order valence-electron chi connectivity index (χ3n) is 5.24. The molecule has 30 heavy (non-hydrogen) atoms. The van der Waals surface area contributed by atoms with Crippen molar-refractivity contribution >= 4 is 17.5 Å². The van der Waals surface area contributed by atoms with Crippen LogP contribution in [0.25, 0.3) is 11.1 Å². The summed E-state index contributed by atoms with van der Waals surface area (Å²) >= 11 is 0. The van der Waals surface area contributed by atoms with Crippen LogP contribution >= 0.6 is 0 Å². The van der Waals surface area contributed by atoms with Gasteiger partial charge in [-0.3, -0.25) is 24.5 Å². The number of Topliss-reactive ketones (excluding diaryl/α,β-unsaturated/α-hetero) is 1. The molecule has 0 fully saturated rings. The molecular weight excluding hydrogens is 378 g/mol. The van der Waals surface area contributed by atoms with Gasteiger partial charge in [-0.1, -0.05) is 6.07 Å². The zero-order valence-electron chi connectivity index (χ0n) is 17.3. The van der Waals surface area contributed by atoms with Gasteiger partial charge in [0.25, 0.3) is 0 Å². The number of nitrogens with zero attached hydrogens (tertiary/aromatic N) is 5. The van der Waals surface area contributed by atoms with E-state index >= 15 is 0 Å². The number of rotatable bonds is 6. The summed E-state index contributed by atoms with van der Waals surface area (Å²) in [4.78, 5) is 35.4. The van der Waals surface area contributed by atoms with E-state index in [9.17, 15) is 9.59 Å². The van der Waals surface area contributed by atoms with Crippen molar-refractivity contribution in [3.8, 4) is 11.1 Å². The minimum absolute atomic E-state index is 0.0162. The summed E-state index contributed by atoms with van der Waals surface area (Å²) in [6.07, 6.45) is 6.90. The molecule has 3 aromatic heterocycles. The van der Waals surface area contributed by atoms with Crippen LogP contribution in [-0.2, 0) is 22.6 Å². The van der Waals surface area contributed by atoms with Crippen molar-refractivity contribution < 1.29 is 9.59 Å². The highest BCUT2D eigenvalue weighted by Crippen LogP contribution is 2.23. The second kappa shape index (κ2) is 8.57. The standard InChI is InChI=1S/C23H25N5O2/c1-16-10-19(14-24-13-16)18-4-5-20(25-15-18)12-21(29)6-7-23(30)27-8-3-9-28-22(27)11-17(2)26-28/h4-5,10-11,13-15H,3,6-9,12H2,1-2H3. The molecule has 0 bridgehead atoms. The van der Waals surface area contributed by atoms with Gasteiger partial charge in [-0.2, -0.15) is 5.10 Å². The van der Waals surface area contributed by atoms with Gasteiger partial charge in [0, 0.05) is 73.8 Å². The maximum Gasteiger partial charge on any atom is 0.228 e. The average molecular weight is 403 g/mol. The largest absolute Gasteiger partial charge is 0.299 e. The Morgan fingerprint density at radius 2 is 1.87 bits per heavy atom. The lowest BCUT2D eigenvalue weighted by atomic mass is 10.1. The van der Waals surface area contributed by atoms with Crippen LogP contribution in [0, 0.1) is 13.8 Å². The zero-order chi connectivity index (χ0) is 21.1. The number of ketones is 1. The number of fused-ring (bicyclic) bond motifs is 1. The van der Waals surface area contributed by atoms with Gasteiger partial charge >= 0.3 is 0 Å². The third-order valence-corrected chi connectivity index (χ3v) is 5.24. The van der Waals surface area contributed by atoms with E-state index in [1.165, 1.54) is 0 Å². The molecule has 7 heteroatoms. The van der Waals surface area contributed by atoms with Crippen LogP contribution in [0.1, 0.15) is 36.2 Å². The molecule has 4 heterocycles. The molecule has 0 aliphatic carbocycles. The molecule has 0 atom stereocenters. The molecule has 0 saturated carbocycles. The van der Waals surface area contributed by atoms with E-state index in [-0.39, 0.29) is 31.0 Å². The maximum atomic E-state index is 12.7. The third kappa shape index (κ3) is 4.45. The van der Waals surface area contributed by atoms with E-state index in [0.29, 0.717) is 12.2 Å². The lowest BCUT2D eigenvalue weighted by Crippen LogP contribution is -2.37. The first-order valence-electron chi connectivity index (χ1n) is 10.2. The second-order valence-corrected chi connectivity index (χ2v) is 7.77. The van der Waals surface area contributed by atoms with Gasteiger partial charge in [0.15, 0.2) is 0 Å². The fourth-order valence-corrected chi connectivity index (χ4v) is 3.74. The van der Waals surface area contributed by atoms with Crippen molar-refractivity contribution in [2.45, 2.75) is 46.1 Å². The molecule has 0 N–H and O–H groups in total. The Balaban J connectivity index is 1.32. The predicted octanol–water partition coefficient (Wildman–Crippen LogP) is 3.29. The summed E-state index contributed by atoms with van der Waals surface area (Å²) in [5, 5.41) is 4.41. The molecule has 0 unspecified atom stereocenters. The van der Waals surface area contributed by atoms with Crippen LogP contribution in [-0.4, -0.2) is 38.0 Å². The number of hydrogen-bond donors (Lipinski definition) is 0. The molecule has 0 radical (unpaired) electrons. The molecule has 0 aromatic carbocycles. The topological polar surface area (TPSA) is 81.0 Å². The van der Waals surface area contributed by atoms with Gasteiger partial charge in [0.1, 0.15) is 11.6 Å². The molecule has 3 aromatic rings. The van der Waals surface area contributed by atoms with E-state index in [2.05, 4.69) is 21.1 Å². The molecule has 0 spiro atoms. The van der Waals surface area contributed by atoms with Crippen molar-refractivity contribution in [3.63, 3.8) is 0 Å². The van der Waals surface area contributed by atoms with E-state index < -0.39 is 0 Å². The van der Waals surface area contributed by atoms with Crippen LogP contribution in [0.4, 0.5) is 5.82 Å². The second-order valence-electron chi connectivity index (χ2n) is 7.77. The van der Waals surface area contributed by atoms with Gasteiger partial charge in [0.2, 0.25) is 5.91 Å². The summed E-state index contributed by atoms with van der Waals surface area (Å²) in [7, 11) is 0. The van der Waals surface area contributed by atoms with Crippen LogP contribution in [0.3, 0.4) is 0 Å². The van der Waals surface area contributed by atoms with Crippen molar-refractivity contribution in [1.29, 1.82) is 0 Å². The quantitative estimate of drug-likeness (QED) is 0.631. The van der Waals surface area contributed by atoms with Crippen LogP contribution in [0.15, 0.2) is 42.9 Å². The summed E-state index contributed by atoms with van der Waals surface area (Å²) < 4.78 is 1.87. The number of hydrogen-bond acceptors (Lipinski definition) is 5. The Bertz CT molecular complexity index is 1070. The first-order chi connectivity index (χ1) is 14.5. The van der Waals surface area contributed by atoms with E-state index in [4.69, 9.17) is 0 Å². The van der Waals surface area contributed by atoms with Crippen molar-refractivity contribution in [1.82, 2.24) is 19.7 Å². The molecular formula is C23H25N5O2. The number of carbonyl (C=O) groups is 2. The van der Waals surface area contributed by atoms with Crippen LogP contribution in [0.2, 0.25) is 0 Å². The Labute approximate surface area is 175 Å². The van der Waals surface area contributed by atoms with E-state index in [1.54, 1.807) is 17.3 Å². The molecule has 4 rings (SSSR count). The normalized spacial score (nSPS) is 13.2. The molecule has 0 saturated heterocycles. The van der Waals surface area contributed by atoms with Gasteiger partial charge in [-0.25, -0.2) is 4.68 Å². The first-order valence-corrected chi connectivity index (χ1v) is 10.2.